The minimum Gasteiger partial charge on any atom is -0.395 e. The monoisotopic (exact) mass is 453 g/mol. The fourth-order valence-electron chi connectivity index (χ4n) is 8.76. The van der Waals surface area contributed by atoms with Crippen molar-refractivity contribution in [2.75, 3.05) is 6.61 Å². The quantitative estimate of drug-likeness (QED) is 0.680. The molecule has 0 unspecified atom stereocenters. The molecule has 0 spiro atoms. The number of aromatic nitrogens is 3. The van der Waals surface area contributed by atoms with Gasteiger partial charge in [0.25, 0.3) is 0 Å². The molecule has 0 aliphatic heterocycles. The highest BCUT2D eigenvalue weighted by Crippen LogP contribution is 2.68. The molecule has 4 aliphatic carbocycles. The molecule has 33 heavy (non-hydrogen) atoms. The summed E-state index contributed by atoms with van der Waals surface area (Å²) in [4.78, 5) is 17.3. The van der Waals surface area contributed by atoms with Crippen LogP contribution >= 0.6 is 0 Å². The van der Waals surface area contributed by atoms with Crippen LogP contribution in [0.15, 0.2) is 12.7 Å². The molecule has 8 atom stereocenters. The molecule has 0 saturated heterocycles. The Bertz CT molecular complexity index is 936. The first-order chi connectivity index (χ1) is 15.8. The van der Waals surface area contributed by atoms with Gasteiger partial charge in [-0.2, -0.15) is 5.10 Å². The molecular formula is C27H39N3O3. The summed E-state index contributed by atoms with van der Waals surface area (Å²) in [5, 5.41) is 24.3. The molecule has 5 rings (SSSR count). The Labute approximate surface area is 197 Å². The largest absolute Gasteiger partial charge is 0.395 e. The van der Waals surface area contributed by atoms with Crippen LogP contribution < -0.4 is 0 Å². The van der Waals surface area contributed by atoms with Crippen LogP contribution in [0.3, 0.4) is 0 Å². The van der Waals surface area contributed by atoms with Crippen molar-refractivity contribution in [3.8, 4) is 11.8 Å². The first-order valence-corrected chi connectivity index (χ1v) is 13.0. The van der Waals surface area contributed by atoms with Crippen molar-refractivity contribution in [3.63, 3.8) is 0 Å². The van der Waals surface area contributed by atoms with Crippen molar-refractivity contribution >= 4 is 5.78 Å². The van der Waals surface area contributed by atoms with Crippen LogP contribution in [0.4, 0.5) is 0 Å². The predicted octanol–water partition coefficient (Wildman–Crippen LogP) is 3.62. The topological polar surface area (TPSA) is 88.2 Å². The van der Waals surface area contributed by atoms with Gasteiger partial charge in [-0.25, -0.2) is 9.67 Å². The highest BCUT2D eigenvalue weighted by molar-refractivity contribution is 5.82. The molecule has 1 aromatic heterocycles. The molecule has 0 bridgehead atoms. The minimum atomic E-state index is -0.887. The van der Waals surface area contributed by atoms with Gasteiger partial charge in [0.15, 0.2) is 5.78 Å². The van der Waals surface area contributed by atoms with E-state index in [4.69, 9.17) is 5.11 Å². The van der Waals surface area contributed by atoms with E-state index < -0.39 is 5.60 Å². The summed E-state index contributed by atoms with van der Waals surface area (Å²) in [7, 11) is 0. The summed E-state index contributed by atoms with van der Waals surface area (Å²) in [6, 6.07) is 0. The summed E-state index contributed by atoms with van der Waals surface area (Å²) >= 11 is 0. The van der Waals surface area contributed by atoms with Crippen LogP contribution in [0.1, 0.15) is 78.1 Å². The van der Waals surface area contributed by atoms with E-state index in [0.29, 0.717) is 42.4 Å². The van der Waals surface area contributed by atoms with Crippen LogP contribution in [0, 0.1) is 52.3 Å². The van der Waals surface area contributed by atoms with Crippen LogP contribution in [0.25, 0.3) is 0 Å². The minimum absolute atomic E-state index is 0.0520. The summed E-state index contributed by atoms with van der Waals surface area (Å²) in [5.74, 6) is 9.07. The van der Waals surface area contributed by atoms with E-state index in [1.807, 2.05) is 0 Å². The van der Waals surface area contributed by atoms with Gasteiger partial charge in [-0.1, -0.05) is 25.7 Å². The number of aliphatic hydroxyl groups excluding tert-OH is 1. The average molecular weight is 454 g/mol. The molecule has 6 nitrogen and oxygen atoms in total. The fourth-order valence-corrected chi connectivity index (χ4v) is 8.76. The van der Waals surface area contributed by atoms with Gasteiger partial charge in [0.2, 0.25) is 0 Å². The standard InChI is InChI=1S/C27H39N3O3/c1-25-12-13-27(33,10-3-4-14-31)15-19(25)5-6-20-21-7-8-23(26(21,2)11-9-22(20)25)24(32)16-30-18-28-17-29-30/h17-23,31,33H,4-9,11-16H2,1-2H3/t19-,20+,21+,22+,23-,25+,26+,27-/m1/s1. The summed E-state index contributed by atoms with van der Waals surface area (Å²) in [5.41, 5.74) is -0.521. The molecule has 180 valence electrons. The number of carbonyl (C=O) groups is 1. The normalized spacial score (nSPS) is 44.2. The predicted molar refractivity (Wildman–Crippen MR) is 125 cm³/mol. The Morgan fingerprint density at radius 1 is 1.09 bits per heavy atom. The van der Waals surface area contributed by atoms with Crippen LogP contribution in [0.2, 0.25) is 0 Å². The molecular weight excluding hydrogens is 414 g/mol. The Kier molecular flexibility index (Phi) is 5.94. The molecule has 4 fully saturated rings. The van der Waals surface area contributed by atoms with Gasteiger partial charge in [0.05, 0.1) is 6.61 Å². The molecule has 6 heteroatoms. The number of ketones is 1. The third-order valence-corrected chi connectivity index (χ3v) is 10.5. The number of rotatable bonds is 4. The lowest BCUT2D eigenvalue weighted by Crippen LogP contribution is -2.56. The van der Waals surface area contributed by atoms with Gasteiger partial charge in [-0.3, -0.25) is 4.79 Å². The maximum absolute atomic E-state index is 13.3. The smallest absolute Gasteiger partial charge is 0.157 e. The van der Waals surface area contributed by atoms with Crippen molar-refractivity contribution in [1.82, 2.24) is 14.8 Å². The number of nitrogens with zero attached hydrogens (tertiary/aromatic N) is 3. The van der Waals surface area contributed by atoms with Crippen LogP contribution in [-0.2, 0) is 11.3 Å². The molecule has 0 aromatic carbocycles. The van der Waals surface area contributed by atoms with Crippen molar-refractivity contribution in [2.45, 2.75) is 90.2 Å². The molecule has 2 N–H and O–H groups in total. The van der Waals surface area contributed by atoms with E-state index in [0.717, 1.165) is 38.5 Å². The lowest BCUT2D eigenvalue weighted by Gasteiger charge is -2.61. The maximum Gasteiger partial charge on any atom is 0.157 e. The second-order valence-corrected chi connectivity index (χ2v) is 11.9. The number of fused-ring (bicyclic) bond motifs is 5. The van der Waals surface area contributed by atoms with Gasteiger partial charge < -0.3 is 10.2 Å². The van der Waals surface area contributed by atoms with Gasteiger partial charge in [-0.05, 0) is 92.3 Å². The molecule has 0 amide bonds. The first-order valence-electron chi connectivity index (χ1n) is 13.0. The van der Waals surface area contributed by atoms with E-state index in [9.17, 15) is 9.90 Å². The van der Waals surface area contributed by atoms with Gasteiger partial charge in [-0.15, -0.1) is 0 Å². The molecule has 0 radical (unpaired) electrons. The van der Waals surface area contributed by atoms with Crippen LogP contribution in [-0.4, -0.2) is 43.0 Å². The van der Waals surface area contributed by atoms with E-state index in [-0.39, 0.29) is 23.4 Å². The maximum atomic E-state index is 13.3. The second kappa shape index (κ2) is 8.50. The fraction of sp³-hybridized carbons (Fsp3) is 0.815. The summed E-state index contributed by atoms with van der Waals surface area (Å²) in [6.45, 7) is 5.28. The summed E-state index contributed by atoms with van der Waals surface area (Å²) < 4.78 is 1.67. The zero-order chi connectivity index (χ0) is 23.3. The summed E-state index contributed by atoms with van der Waals surface area (Å²) in [6.07, 6.45) is 13.0. The zero-order valence-electron chi connectivity index (χ0n) is 20.2. The molecule has 1 heterocycles. The van der Waals surface area contributed by atoms with E-state index >= 15 is 0 Å². The highest BCUT2D eigenvalue weighted by Gasteiger charge is 2.62. The SMILES string of the molecule is C[C@]12CC[C@](O)(C#CCCO)C[C@H]1CC[C@@H]1[C@@H]2CC[C@]2(C)[C@@H](C(=O)Cn3cncn3)CC[C@@H]12. The van der Waals surface area contributed by atoms with Gasteiger partial charge in [0.1, 0.15) is 24.8 Å². The van der Waals surface area contributed by atoms with E-state index in [2.05, 4.69) is 35.8 Å². The molecule has 1 aromatic rings. The number of hydrogen-bond acceptors (Lipinski definition) is 5. The Balaban J connectivity index is 1.31. The van der Waals surface area contributed by atoms with Crippen LogP contribution in [0.5, 0.6) is 0 Å². The molecule has 4 saturated carbocycles. The first kappa shape index (κ1) is 23.1. The van der Waals surface area contributed by atoms with E-state index in [1.165, 1.54) is 25.6 Å². The lowest BCUT2D eigenvalue weighted by atomic mass is 9.44. The number of Topliss-reactive ketones (excluding diaryl/α,β-unsaturated/α-hetero) is 1. The number of aliphatic hydroxyl groups is 2. The second-order valence-electron chi connectivity index (χ2n) is 11.9. The Hall–Kier alpha value is -1.71. The van der Waals surface area contributed by atoms with E-state index in [1.54, 1.807) is 11.0 Å². The van der Waals surface area contributed by atoms with Crippen molar-refractivity contribution in [3.05, 3.63) is 12.7 Å². The number of hydrogen-bond donors (Lipinski definition) is 2. The highest BCUT2D eigenvalue weighted by atomic mass is 16.3. The van der Waals surface area contributed by atoms with Crippen molar-refractivity contribution in [1.29, 1.82) is 0 Å². The molecule has 4 aliphatic rings. The van der Waals surface area contributed by atoms with Gasteiger partial charge in [0, 0.05) is 12.3 Å². The third kappa shape index (κ3) is 3.86. The van der Waals surface area contributed by atoms with Crippen molar-refractivity contribution < 1.29 is 15.0 Å². The third-order valence-electron chi connectivity index (χ3n) is 10.5. The Morgan fingerprint density at radius 2 is 1.91 bits per heavy atom. The zero-order valence-corrected chi connectivity index (χ0v) is 20.2. The average Bonchev–Trinajstić information content (AvgIpc) is 3.41. The number of carbonyl (C=O) groups excluding carboxylic acids is 1. The van der Waals surface area contributed by atoms with Crippen molar-refractivity contribution in [2.24, 2.45) is 40.4 Å². The Morgan fingerprint density at radius 3 is 2.67 bits per heavy atom. The van der Waals surface area contributed by atoms with Gasteiger partial charge >= 0.3 is 0 Å². The lowest BCUT2D eigenvalue weighted by molar-refractivity contribution is -0.145.